The first-order valence-electron chi connectivity index (χ1n) is 11.8. The quantitative estimate of drug-likeness (QED) is 0.498. The summed E-state index contributed by atoms with van der Waals surface area (Å²) in [4.78, 5) is 0. The minimum atomic E-state index is -0.943. The molecule has 7 unspecified atom stereocenters. The van der Waals surface area contributed by atoms with E-state index in [1.807, 2.05) is 0 Å². The maximum atomic E-state index is 10.2. The van der Waals surface area contributed by atoms with Crippen LogP contribution in [0, 0.1) is 46.8 Å². The molecule has 0 spiro atoms. The van der Waals surface area contributed by atoms with Crippen molar-refractivity contribution in [3.05, 3.63) is 11.6 Å². The minimum Gasteiger partial charge on any atom is -0.393 e. The van der Waals surface area contributed by atoms with Crippen LogP contribution in [-0.4, -0.2) is 21.9 Å². The molecule has 0 radical (unpaired) electrons. The average Bonchev–Trinajstić information content (AvgIpc) is 2.99. The number of terminal acetylenes is 1. The van der Waals surface area contributed by atoms with Gasteiger partial charge in [0.1, 0.15) is 5.60 Å². The molecule has 28 heavy (non-hydrogen) atoms. The van der Waals surface area contributed by atoms with Crippen molar-refractivity contribution in [3.8, 4) is 12.3 Å². The number of aliphatic hydroxyl groups excluding tert-OH is 1. The summed E-state index contributed by atoms with van der Waals surface area (Å²) in [7, 11) is 0. The molecule has 0 aromatic rings. The Morgan fingerprint density at radius 3 is 2.71 bits per heavy atom. The molecule has 0 saturated heterocycles. The molecule has 4 aliphatic rings. The number of hydrogen-bond acceptors (Lipinski definition) is 2. The zero-order valence-electron chi connectivity index (χ0n) is 18.2. The monoisotopic (exact) mass is 384 g/mol. The zero-order valence-corrected chi connectivity index (χ0v) is 18.2. The molecule has 0 bridgehead atoms. The summed E-state index contributed by atoms with van der Waals surface area (Å²) in [5.74, 6) is 5.83. The summed E-state index contributed by atoms with van der Waals surface area (Å²) < 4.78 is 0. The van der Waals surface area contributed by atoms with Crippen molar-refractivity contribution in [2.45, 2.75) is 103 Å². The van der Waals surface area contributed by atoms with Gasteiger partial charge in [0, 0.05) is 0 Å². The van der Waals surface area contributed by atoms with Gasteiger partial charge >= 0.3 is 0 Å². The predicted octanol–water partition coefficient (Wildman–Crippen LogP) is 5.48. The van der Waals surface area contributed by atoms with Crippen molar-refractivity contribution in [1.29, 1.82) is 0 Å². The van der Waals surface area contributed by atoms with Gasteiger partial charge in [-0.2, -0.15) is 0 Å². The van der Waals surface area contributed by atoms with E-state index in [0.29, 0.717) is 10.8 Å². The molecule has 3 saturated carbocycles. The summed E-state index contributed by atoms with van der Waals surface area (Å²) in [5.41, 5.74) is 1.44. The van der Waals surface area contributed by atoms with Crippen LogP contribution in [0.1, 0.15) is 91.4 Å². The maximum absolute atomic E-state index is 10.2. The van der Waals surface area contributed by atoms with Crippen LogP contribution in [0.25, 0.3) is 0 Å². The van der Waals surface area contributed by atoms with Crippen LogP contribution < -0.4 is 0 Å². The molecule has 8 atom stereocenters. The Labute approximate surface area is 172 Å². The Morgan fingerprint density at radius 2 is 1.96 bits per heavy atom. The SMILES string of the molecule is C#CC(C)(O)CCCC1CC[C@H]2C3CC=C4CC(O)CCC4(C)C3CCC12C. The van der Waals surface area contributed by atoms with E-state index in [0.717, 1.165) is 49.4 Å². The van der Waals surface area contributed by atoms with E-state index < -0.39 is 5.60 Å². The Kier molecular flexibility index (Phi) is 5.25. The van der Waals surface area contributed by atoms with E-state index in [1.54, 1.807) is 12.5 Å². The maximum Gasteiger partial charge on any atom is 0.122 e. The third kappa shape index (κ3) is 3.27. The first kappa shape index (κ1) is 20.5. The van der Waals surface area contributed by atoms with Gasteiger partial charge in [-0.05, 0) is 112 Å². The highest BCUT2D eigenvalue weighted by molar-refractivity contribution is 5.25. The second kappa shape index (κ2) is 7.17. The fourth-order valence-electron chi connectivity index (χ4n) is 7.99. The van der Waals surface area contributed by atoms with E-state index in [4.69, 9.17) is 6.42 Å². The molecule has 2 N–H and O–H groups in total. The van der Waals surface area contributed by atoms with Crippen molar-refractivity contribution in [1.82, 2.24) is 0 Å². The second-order valence-electron chi connectivity index (χ2n) is 11.3. The van der Waals surface area contributed by atoms with E-state index in [9.17, 15) is 10.2 Å². The van der Waals surface area contributed by atoms with E-state index in [-0.39, 0.29) is 6.10 Å². The van der Waals surface area contributed by atoms with Gasteiger partial charge in [0.05, 0.1) is 6.10 Å². The number of hydrogen-bond donors (Lipinski definition) is 2. The van der Waals surface area contributed by atoms with E-state index in [1.165, 1.54) is 44.9 Å². The summed E-state index contributed by atoms with van der Waals surface area (Å²) in [6, 6.07) is 0. The van der Waals surface area contributed by atoms with Crippen LogP contribution in [0.4, 0.5) is 0 Å². The van der Waals surface area contributed by atoms with Crippen molar-refractivity contribution in [2.24, 2.45) is 34.5 Å². The third-order valence-electron chi connectivity index (χ3n) is 9.80. The van der Waals surface area contributed by atoms with Crippen LogP contribution in [0.3, 0.4) is 0 Å². The lowest BCUT2D eigenvalue weighted by Crippen LogP contribution is -2.50. The lowest BCUT2D eigenvalue weighted by molar-refractivity contribution is -0.0512. The Morgan fingerprint density at radius 1 is 1.18 bits per heavy atom. The molecular formula is C26H40O2. The summed E-state index contributed by atoms with van der Waals surface area (Å²) in [6.45, 7) is 6.86. The lowest BCUT2D eigenvalue weighted by Gasteiger charge is -2.58. The molecule has 0 heterocycles. The van der Waals surface area contributed by atoms with Gasteiger partial charge in [-0.1, -0.05) is 31.4 Å². The number of aliphatic hydroxyl groups is 2. The topological polar surface area (TPSA) is 40.5 Å². The molecule has 0 amide bonds. The highest BCUT2D eigenvalue weighted by atomic mass is 16.3. The number of fused-ring (bicyclic) bond motifs is 5. The molecule has 2 nitrogen and oxygen atoms in total. The fourth-order valence-corrected chi connectivity index (χ4v) is 7.99. The first-order chi connectivity index (χ1) is 13.2. The predicted molar refractivity (Wildman–Crippen MR) is 115 cm³/mol. The van der Waals surface area contributed by atoms with Crippen LogP contribution in [0.2, 0.25) is 0 Å². The van der Waals surface area contributed by atoms with Crippen molar-refractivity contribution in [2.75, 3.05) is 0 Å². The van der Waals surface area contributed by atoms with Crippen molar-refractivity contribution >= 4 is 0 Å². The standard InChI is InChI=1S/C26H40O2/c1-5-24(2,28)14-6-7-18-9-11-22-21-10-8-19-17-20(27)12-15-26(19,4)23(21)13-16-25(18,22)3/h1,8,18,20-23,27-28H,6-7,9-17H2,2-4H3/t18?,20?,21?,22-,23?,24?,25?,26?/m0/s1. The lowest BCUT2D eigenvalue weighted by atomic mass is 9.47. The van der Waals surface area contributed by atoms with Gasteiger partial charge in [0.2, 0.25) is 0 Å². The molecule has 4 aliphatic carbocycles. The summed E-state index contributed by atoms with van der Waals surface area (Å²) in [5, 5.41) is 20.3. The van der Waals surface area contributed by atoms with Crippen LogP contribution >= 0.6 is 0 Å². The summed E-state index contributed by atoms with van der Waals surface area (Å²) in [6.07, 6.45) is 20.6. The van der Waals surface area contributed by atoms with Gasteiger partial charge < -0.3 is 10.2 Å². The fraction of sp³-hybridized carbons (Fsp3) is 0.846. The molecular weight excluding hydrogens is 344 g/mol. The molecule has 0 aromatic carbocycles. The van der Waals surface area contributed by atoms with Gasteiger partial charge in [-0.15, -0.1) is 6.42 Å². The van der Waals surface area contributed by atoms with Crippen LogP contribution in [0.5, 0.6) is 0 Å². The second-order valence-corrected chi connectivity index (χ2v) is 11.3. The van der Waals surface area contributed by atoms with Gasteiger partial charge in [0.25, 0.3) is 0 Å². The number of rotatable bonds is 4. The smallest absolute Gasteiger partial charge is 0.122 e. The highest BCUT2D eigenvalue weighted by Crippen LogP contribution is 2.66. The Hall–Kier alpha value is -0.780. The molecule has 2 heteroatoms. The summed E-state index contributed by atoms with van der Waals surface area (Å²) >= 11 is 0. The third-order valence-corrected chi connectivity index (χ3v) is 9.80. The van der Waals surface area contributed by atoms with Gasteiger partial charge in [-0.25, -0.2) is 0 Å². The van der Waals surface area contributed by atoms with Crippen LogP contribution in [0.15, 0.2) is 11.6 Å². The van der Waals surface area contributed by atoms with Gasteiger partial charge in [-0.3, -0.25) is 0 Å². The number of allylic oxidation sites excluding steroid dienone is 1. The van der Waals surface area contributed by atoms with Crippen LogP contribution in [-0.2, 0) is 0 Å². The van der Waals surface area contributed by atoms with E-state index in [2.05, 4.69) is 25.8 Å². The molecule has 0 aromatic heterocycles. The van der Waals surface area contributed by atoms with Crippen molar-refractivity contribution in [3.63, 3.8) is 0 Å². The Balaban J connectivity index is 1.47. The molecule has 0 aliphatic heterocycles. The largest absolute Gasteiger partial charge is 0.393 e. The normalized spacial score (nSPS) is 47.1. The van der Waals surface area contributed by atoms with Gasteiger partial charge in [0.15, 0.2) is 0 Å². The highest BCUT2D eigenvalue weighted by Gasteiger charge is 2.58. The van der Waals surface area contributed by atoms with Crippen molar-refractivity contribution < 1.29 is 10.2 Å². The molecule has 156 valence electrons. The van der Waals surface area contributed by atoms with E-state index >= 15 is 0 Å². The first-order valence-corrected chi connectivity index (χ1v) is 11.8. The molecule has 3 fully saturated rings. The minimum absolute atomic E-state index is 0.110. The average molecular weight is 385 g/mol. The Bertz CT molecular complexity index is 670. The molecule has 4 rings (SSSR count). The zero-order chi connectivity index (χ0) is 20.2.